The average Bonchev–Trinajstić information content (AvgIpc) is 2.34. The number of benzene rings is 1. The van der Waals surface area contributed by atoms with Crippen LogP contribution in [0.1, 0.15) is 33.3 Å². The Hall–Kier alpha value is -1.35. The highest BCUT2D eigenvalue weighted by atomic mass is 16.6. The van der Waals surface area contributed by atoms with Gasteiger partial charge in [-0.3, -0.25) is 9.69 Å². The predicted octanol–water partition coefficient (Wildman–Crippen LogP) is 2.89. The van der Waals surface area contributed by atoms with Crippen molar-refractivity contribution in [2.24, 2.45) is 0 Å². The Morgan fingerprint density at radius 2 is 1.84 bits per heavy atom. The Bertz CT molecular complexity index is 395. The molecule has 0 aromatic heterocycles. The van der Waals surface area contributed by atoms with E-state index in [1.165, 1.54) is 5.56 Å². The molecule has 1 atom stereocenters. The molecule has 0 aliphatic carbocycles. The van der Waals surface area contributed by atoms with Gasteiger partial charge in [0.1, 0.15) is 11.6 Å². The minimum Gasteiger partial charge on any atom is -0.459 e. The summed E-state index contributed by atoms with van der Waals surface area (Å²) < 4.78 is 5.39. The first-order valence-corrected chi connectivity index (χ1v) is 6.76. The lowest BCUT2D eigenvalue weighted by atomic mass is 10.1. The average molecular weight is 263 g/mol. The summed E-state index contributed by atoms with van der Waals surface area (Å²) in [7, 11) is 1.96. The molecule has 0 fully saturated rings. The molecule has 106 valence electrons. The Balaban J connectivity index is 2.44. The van der Waals surface area contributed by atoms with Crippen LogP contribution >= 0.6 is 0 Å². The number of hydrogen-bond acceptors (Lipinski definition) is 3. The molecular weight excluding hydrogens is 238 g/mol. The van der Waals surface area contributed by atoms with Gasteiger partial charge >= 0.3 is 5.97 Å². The molecule has 0 spiro atoms. The van der Waals surface area contributed by atoms with Crippen LogP contribution in [-0.2, 0) is 16.0 Å². The summed E-state index contributed by atoms with van der Waals surface area (Å²) in [6, 6.07) is 10.1. The molecular formula is C16H25NO2. The highest BCUT2D eigenvalue weighted by Gasteiger charge is 2.24. The molecule has 3 heteroatoms. The molecule has 3 nitrogen and oxygen atoms in total. The van der Waals surface area contributed by atoms with E-state index in [2.05, 4.69) is 12.1 Å². The number of carbonyl (C=O) groups excluding carboxylic acids is 1. The molecule has 0 saturated carbocycles. The van der Waals surface area contributed by atoms with E-state index in [0.717, 1.165) is 13.0 Å². The Kier molecular flexibility index (Phi) is 5.55. The van der Waals surface area contributed by atoms with Crippen LogP contribution in [0, 0.1) is 0 Å². The molecule has 1 aromatic rings. The van der Waals surface area contributed by atoms with Gasteiger partial charge in [-0.2, -0.15) is 0 Å². The van der Waals surface area contributed by atoms with Gasteiger partial charge in [-0.25, -0.2) is 0 Å². The summed E-state index contributed by atoms with van der Waals surface area (Å²) in [5.74, 6) is -0.164. The van der Waals surface area contributed by atoms with Crippen LogP contribution in [-0.4, -0.2) is 36.1 Å². The quantitative estimate of drug-likeness (QED) is 0.765. The molecule has 0 saturated heterocycles. The van der Waals surface area contributed by atoms with Crippen molar-refractivity contribution in [1.29, 1.82) is 0 Å². The summed E-state index contributed by atoms with van der Waals surface area (Å²) >= 11 is 0. The number of esters is 1. The van der Waals surface area contributed by atoms with Gasteiger partial charge in [-0.05, 0) is 46.7 Å². The molecule has 0 radical (unpaired) electrons. The second kappa shape index (κ2) is 6.71. The SMILES string of the molecule is CC(C(=O)OC(C)(C)C)N(C)CCc1ccccc1. The topological polar surface area (TPSA) is 29.5 Å². The summed E-state index contributed by atoms with van der Waals surface area (Å²) in [5.41, 5.74) is 0.858. The van der Waals surface area contributed by atoms with Crippen molar-refractivity contribution in [2.75, 3.05) is 13.6 Å². The van der Waals surface area contributed by atoms with Gasteiger partial charge < -0.3 is 4.74 Å². The molecule has 0 bridgehead atoms. The van der Waals surface area contributed by atoms with E-state index in [1.807, 2.05) is 57.8 Å². The van der Waals surface area contributed by atoms with E-state index in [9.17, 15) is 4.79 Å². The molecule has 0 amide bonds. The van der Waals surface area contributed by atoms with Crippen LogP contribution in [0.5, 0.6) is 0 Å². The molecule has 0 aliphatic rings. The Morgan fingerprint density at radius 1 is 1.26 bits per heavy atom. The highest BCUT2D eigenvalue weighted by molar-refractivity contribution is 5.75. The number of carbonyl (C=O) groups is 1. The fourth-order valence-corrected chi connectivity index (χ4v) is 1.71. The molecule has 0 aliphatic heterocycles. The maximum atomic E-state index is 11.9. The van der Waals surface area contributed by atoms with Gasteiger partial charge in [0.2, 0.25) is 0 Å². The summed E-state index contributed by atoms with van der Waals surface area (Å²) in [5, 5.41) is 0. The maximum Gasteiger partial charge on any atom is 0.323 e. The van der Waals surface area contributed by atoms with E-state index in [4.69, 9.17) is 4.74 Å². The fourth-order valence-electron chi connectivity index (χ4n) is 1.71. The number of ether oxygens (including phenoxy) is 1. The molecule has 0 heterocycles. The smallest absolute Gasteiger partial charge is 0.323 e. The Labute approximate surface area is 116 Å². The third-order valence-corrected chi connectivity index (χ3v) is 3.01. The largest absolute Gasteiger partial charge is 0.459 e. The van der Waals surface area contributed by atoms with Crippen molar-refractivity contribution in [3.63, 3.8) is 0 Å². The van der Waals surface area contributed by atoms with E-state index in [0.29, 0.717) is 0 Å². The minimum absolute atomic E-state index is 0.164. The lowest BCUT2D eigenvalue weighted by Crippen LogP contribution is -2.41. The first kappa shape index (κ1) is 15.7. The van der Waals surface area contributed by atoms with Crippen molar-refractivity contribution in [2.45, 2.75) is 45.8 Å². The second-order valence-electron chi connectivity index (χ2n) is 5.93. The standard InChI is InChI=1S/C16H25NO2/c1-13(15(18)19-16(2,3)4)17(5)12-11-14-9-7-6-8-10-14/h6-10,13H,11-12H2,1-5H3. The third kappa shape index (κ3) is 5.88. The lowest BCUT2D eigenvalue weighted by Gasteiger charge is -2.27. The predicted molar refractivity (Wildman–Crippen MR) is 78.1 cm³/mol. The molecule has 1 unspecified atom stereocenters. The van der Waals surface area contributed by atoms with Gasteiger partial charge in [0.15, 0.2) is 0 Å². The molecule has 1 aromatic carbocycles. The zero-order chi connectivity index (χ0) is 14.5. The van der Waals surface area contributed by atoms with E-state index < -0.39 is 5.60 Å². The number of hydrogen-bond donors (Lipinski definition) is 0. The van der Waals surface area contributed by atoms with Crippen LogP contribution in [0.2, 0.25) is 0 Å². The monoisotopic (exact) mass is 263 g/mol. The van der Waals surface area contributed by atoms with Crippen molar-refractivity contribution in [1.82, 2.24) is 4.90 Å². The van der Waals surface area contributed by atoms with Crippen LogP contribution in [0.25, 0.3) is 0 Å². The fraction of sp³-hybridized carbons (Fsp3) is 0.562. The van der Waals surface area contributed by atoms with Gasteiger partial charge in [0.25, 0.3) is 0 Å². The molecule has 19 heavy (non-hydrogen) atoms. The third-order valence-electron chi connectivity index (χ3n) is 3.01. The number of nitrogens with zero attached hydrogens (tertiary/aromatic N) is 1. The zero-order valence-electron chi connectivity index (χ0n) is 12.6. The van der Waals surface area contributed by atoms with Crippen molar-refractivity contribution < 1.29 is 9.53 Å². The van der Waals surface area contributed by atoms with E-state index in [1.54, 1.807) is 0 Å². The lowest BCUT2D eigenvalue weighted by molar-refractivity contribution is -0.160. The van der Waals surface area contributed by atoms with Gasteiger partial charge in [0.05, 0.1) is 0 Å². The Morgan fingerprint density at radius 3 is 2.37 bits per heavy atom. The highest BCUT2D eigenvalue weighted by Crippen LogP contribution is 2.11. The molecule has 0 N–H and O–H groups in total. The van der Waals surface area contributed by atoms with Crippen molar-refractivity contribution in [3.05, 3.63) is 35.9 Å². The maximum absolute atomic E-state index is 11.9. The van der Waals surface area contributed by atoms with Crippen molar-refractivity contribution >= 4 is 5.97 Å². The van der Waals surface area contributed by atoms with E-state index in [-0.39, 0.29) is 12.0 Å². The van der Waals surface area contributed by atoms with Gasteiger partial charge in [-0.15, -0.1) is 0 Å². The number of rotatable bonds is 5. The first-order valence-electron chi connectivity index (χ1n) is 6.76. The zero-order valence-corrected chi connectivity index (χ0v) is 12.6. The summed E-state index contributed by atoms with van der Waals surface area (Å²) in [6.07, 6.45) is 0.935. The summed E-state index contributed by atoms with van der Waals surface area (Å²) in [4.78, 5) is 14.0. The second-order valence-corrected chi connectivity index (χ2v) is 5.93. The van der Waals surface area contributed by atoms with Crippen LogP contribution in [0.15, 0.2) is 30.3 Å². The number of likely N-dealkylation sites (N-methyl/N-ethyl adjacent to an activating group) is 1. The van der Waals surface area contributed by atoms with Gasteiger partial charge in [-0.1, -0.05) is 30.3 Å². The van der Waals surface area contributed by atoms with Crippen LogP contribution in [0.3, 0.4) is 0 Å². The minimum atomic E-state index is -0.425. The van der Waals surface area contributed by atoms with Crippen molar-refractivity contribution in [3.8, 4) is 0 Å². The normalized spacial score (nSPS) is 13.4. The van der Waals surface area contributed by atoms with Crippen LogP contribution < -0.4 is 0 Å². The molecule has 1 rings (SSSR count). The van der Waals surface area contributed by atoms with Crippen LogP contribution in [0.4, 0.5) is 0 Å². The van der Waals surface area contributed by atoms with Gasteiger partial charge in [0, 0.05) is 6.54 Å². The summed E-state index contributed by atoms with van der Waals surface area (Å²) in [6.45, 7) is 8.40. The first-order chi connectivity index (χ1) is 8.79. The van der Waals surface area contributed by atoms with E-state index >= 15 is 0 Å².